The van der Waals surface area contributed by atoms with Crippen LogP contribution in [0.4, 0.5) is 0 Å². The van der Waals surface area contributed by atoms with Crippen molar-refractivity contribution in [3.05, 3.63) is 29.8 Å². The molecule has 15 heavy (non-hydrogen) atoms. The van der Waals surface area contributed by atoms with E-state index in [0.29, 0.717) is 17.0 Å². The molecule has 0 saturated carbocycles. The summed E-state index contributed by atoms with van der Waals surface area (Å²) in [6.45, 7) is 1.79. The van der Waals surface area contributed by atoms with Crippen LogP contribution in [0.15, 0.2) is 22.7 Å². The molecule has 0 aliphatic heterocycles. The maximum Gasteiger partial charge on any atom is 0.192 e. The zero-order valence-corrected chi connectivity index (χ0v) is 8.07. The molecule has 2 heterocycles. The molecular formula is C11H8N2O2. The molecule has 0 aliphatic rings. The topological polar surface area (TPSA) is 58.9 Å². The van der Waals surface area contributed by atoms with E-state index in [9.17, 15) is 4.79 Å². The minimum Gasteiger partial charge on any atom is -0.440 e. The quantitative estimate of drug-likeness (QED) is 0.613. The summed E-state index contributed by atoms with van der Waals surface area (Å²) < 4.78 is 5.49. The second kappa shape index (κ2) is 2.70. The molecule has 0 unspecified atom stereocenters. The molecule has 4 heteroatoms. The lowest BCUT2D eigenvalue weighted by molar-refractivity contribution is 0.112. The first-order chi connectivity index (χ1) is 7.29. The van der Waals surface area contributed by atoms with Gasteiger partial charge in [-0.05, 0) is 12.1 Å². The number of carbonyl (C=O) groups is 1. The molecule has 4 nitrogen and oxygen atoms in total. The van der Waals surface area contributed by atoms with Gasteiger partial charge in [-0.1, -0.05) is 0 Å². The van der Waals surface area contributed by atoms with E-state index < -0.39 is 0 Å². The van der Waals surface area contributed by atoms with Crippen molar-refractivity contribution < 1.29 is 9.21 Å². The maximum absolute atomic E-state index is 10.8. The van der Waals surface area contributed by atoms with Gasteiger partial charge in [-0.25, -0.2) is 4.98 Å². The monoisotopic (exact) mass is 200 g/mol. The Hall–Kier alpha value is -2.10. The zero-order chi connectivity index (χ0) is 10.4. The predicted octanol–water partition coefficient (Wildman–Crippen LogP) is 2.43. The first-order valence-electron chi connectivity index (χ1n) is 4.62. The van der Waals surface area contributed by atoms with Gasteiger partial charge >= 0.3 is 0 Å². The lowest BCUT2D eigenvalue weighted by Crippen LogP contribution is -1.76. The van der Waals surface area contributed by atoms with Gasteiger partial charge in [-0.2, -0.15) is 0 Å². The first kappa shape index (κ1) is 8.23. The number of aromatic nitrogens is 2. The van der Waals surface area contributed by atoms with Gasteiger partial charge in [0, 0.05) is 18.7 Å². The minimum absolute atomic E-state index is 0.603. The number of carbonyl (C=O) groups excluding carboxylic acids is 1. The molecule has 3 aromatic rings. The van der Waals surface area contributed by atoms with Crippen molar-refractivity contribution in [2.24, 2.45) is 0 Å². The SMILES string of the molecule is Cc1nc2ccc3[nH]cc(C=O)c3c2o1. The molecule has 0 aliphatic carbocycles. The predicted molar refractivity (Wildman–Crippen MR) is 56.0 cm³/mol. The van der Waals surface area contributed by atoms with Crippen LogP contribution in [0.25, 0.3) is 22.0 Å². The number of aldehydes is 1. The summed E-state index contributed by atoms with van der Waals surface area (Å²) in [4.78, 5) is 18.1. The summed E-state index contributed by atoms with van der Waals surface area (Å²) in [6.07, 6.45) is 2.49. The fourth-order valence-corrected chi connectivity index (χ4v) is 1.83. The van der Waals surface area contributed by atoms with Crippen molar-refractivity contribution in [1.29, 1.82) is 0 Å². The Morgan fingerprint density at radius 3 is 3.13 bits per heavy atom. The number of oxazole rings is 1. The highest BCUT2D eigenvalue weighted by Gasteiger charge is 2.11. The van der Waals surface area contributed by atoms with Gasteiger partial charge in [0.1, 0.15) is 5.52 Å². The second-order valence-electron chi connectivity index (χ2n) is 3.43. The third kappa shape index (κ3) is 1.01. The van der Waals surface area contributed by atoms with Gasteiger partial charge in [-0.15, -0.1) is 0 Å². The third-order valence-electron chi connectivity index (χ3n) is 2.46. The van der Waals surface area contributed by atoms with Crippen molar-refractivity contribution in [2.75, 3.05) is 0 Å². The van der Waals surface area contributed by atoms with Crippen molar-refractivity contribution in [2.45, 2.75) is 6.92 Å². The molecule has 1 aromatic carbocycles. The summed E-state index contributed by atoms with van der Waals surface area (Å²) in [5, 5.41) is 0.808. The number of hydrogen-bond donors (Lipinski definition) is 1. The smallest absolute Gasteiger partial charge is 0.192 e. The van der Waals surface area contributed by atoms with E-state index in [2.05, 4.69) is 9.97 Å². The number of benzene rings is 1. The number of nitrogens with one attached hydrogen (secondary N) is 1. The van der Waals surface area contributed by atoms with E-state index in [1.807, 2.05) is 12.1 Å². The number of nitrogens with zero attached hydrogens (tertiary/aromatic N) is 1. The Bertz CT molecular complexity index is 664. The van der Waals surface area contributed by atoms with Crippen molar-refractivity contribution >= 4 is 28.3 Å². The van der Waals surface area contributed by atoms with Crippen molar-refractivity contribution in [1.82, 2.24) is 9.97 Å². The molecule has 74 valence electrons. The first-order valence-corrected chi connectivity index (χ1v) is 4.62. The lowest BCUT2D eigenvalue weighted by atomic mass is 10.1. The van der Waals surface area contributed by atoms with Crippen LogP contribution in [0.1, 0.15) is 16.2 Å². The Labute approximate surface area is 84.9 Å². The van der Waals surface area contributed by atoms with E-state index in [1.165, 1.54) is 0 Å². The molecule has 0 bridgehead atoms. The summed E-state index contributed by atoms with van der Waals surface area (Å²) >= 11 is 0. The number of aromatic amines is 1. The van der Waals surface area contributed by atoms with Crippen molar-refractivity contribution in [3.63, 3.8) is 0 Å². The van der Waals surface area contributed by atoms with E-state index in [4.69, 9.17) is 4.42 Å². The molecule has 0 saturated heterocycles. The molecule has 0 spiro atoms. The molecule has 0 amide bonds. The Kier molecular flexibility index (Phi) is 1.48. The van der Waals surface area contributed by atoms with Gasteiger partial charge < -0.3 is 9.40 Å². The summed E-state index contributed by atoms with van der Waals surface area (Å²) in [5.41, 5.74) is 2.95. The molecular weight excluding hydrogens is 192 g/mol. The number of hydrogen-bond acceptors (Lipinski definition) is 3. The van der Waals surface area contributed by atoms with Crippen LogP contribution >= 0.6 is 0 Å². The fourth-order valence-electron chi connectivity index (χ4n) is 1.83. The van der Waals surface area contributed by atoms with Crippen LogP contribution in [0.5, 0.6) is 0 Å². The third-order valence-corrected chi connectivity index (χ3v) is 2.46. The van der Waals surface area contributed by atoms with Crippen LogP contribution in [0.2, 0.25) is 0 Å². The number of H-pyrrole nitrogens is 1. The molecule has 0 fully saturated rings. The van der Waals surface area contributed by atoms with Crippen molar-refractivity contribution in [3.8, 4) is 0 Å². The summed E-state index contributed by atoms with van der Waals surface area (Å²) in [6, 6.07) is 3.77. The zero-order valence-electron chi connectivity index (χ0n) is 8.07. The molecule has 3 rings (SSSR count). The average molecular weight is 200 g/mol. The highest BCUT2D eigenvalue weighted by atomic mass is 16.3. The molecule has 2 aromatic heterocycles. The van der Waals surface area contributed by atoms with E-state index >= 15 is 0 Å². The van der Waals surface area contributed by atoms with E-state index in [1.54, 1.807) is 13.1 Å². The maximum atomic E-state index is 10.8. The van der Waals surface area contributed by atoms with Gasteiger partial charge in [0.15, 0.2) is 17.8 Å². The Balaban J connectivity index is 2.60. The normalized spacial score (nSPS) is 11.3. The van der Waals surface area contributed by atoms with Crippen LogP contribution in [-0.2, 0) is 0 Å². The van der Waals surface area contributed by atoms with Gasteiger partial charge in [-0.3, -0.25) is 4.79 Å². The van der Waals surface area contributed by atoms with E-state index in [0.717, 1.165) is 22.7 Å². The van der Waals surface area contributed by atoms with Gasteiger partial charge in [0.25, 0.3) is 0 Å². The van der Waals surface area contributed by atoms with Crippen LogP contribution in [0, 0.1) is 6.92 Å². The second-order valence-corrected chi connectivity index (χ2v) is 3.43. The van der Waals surface area contributed by atoms with Gasteiger partial charge in [0.05, 0.1) is 10.9 Å². The molecule has 0 atom stereocenters. The Morgan fingerprint density at radius 1 is 1.47 bits per heavy atom. The van der Waals surface area contributed by atoms with E-state index in [-0.39, 0.29) is 0 Å². The largest absolute Gasteiger partial charge is 0.440 e. The van der Waals surface area contributed by atoms with Gasteiger partial charge in [0.2, 0.25) is 0 Å². The fraction of sp³-hybridized carbons (Fsp3) is 0.0909. The highest BCUT2D eigenvalue weighted by molar-refractivity contribution is 6.10. The number of aryl methyl sites for hydroxylation is 1. The summed E-state index contributed by atoms with van der Waals surface area (Å²) in [5.74, 6) is 0.607. The number of fused-ring (bicyclic) bond motifs is 3. The van der Waals surface area contributed by atoms with Crippen LogP contribution < -0.4 is 0 Å². The van der Waals surface area contributed by atoms with Crippen LogP contribution in [-0.4, -0.2) is 16.3 Å². The molecule has 0 radical (unpaired) electrons. The molecule has 1 N–H and O–H groups in total. The average Bonchev–Trinajstić information content (AvgIpc) is 2.78. The highest BCUT2D eigenvalue weighted by Crippen LogP contribution is 2.27. The minimum atomic E-state index is 0.603. The summed E-state index contributed by atoms with van der Waals surface area (Å²) in [7, 11) is 0. The standard InChI is InChI=1S/C11H8N2O2/c1-6-13-9-3-2-8-10(11(9)15-6)7(5-14)4-12-8/h2-5,12H,1H3. The Morgan fingerprint density at radius 2 is 2.33 bits per heavy atom. The number of rotatable bonds is 1. The lowest BCUT2D eigenvalue weighted by Gasteiger charge is -1.91. The van der Waals surface area contributed by atoms with Crippen LogP contribution in [0.3, 0.4) is 0 Å².